The third kappa shape index (κ3) is 3.99. The molecule has 28 heavy (non-hydrogen) atoms. The first-order chi connectivity index (χ1) is 13.6. The van der Waals surface area contributed by atoms with Crippen LogP contribution in [0.15, 0.2) is 54.7 Å². The third-order valence-electron chi connectivity index (χ3n) is 4.11. The highest BCUT2D eigenvalue weighted by molar-refractivity contribution is 6.31. The van der Waals surface area contributed by atoms with Gasteiger partial charge in [0.15, 0.2) is 11.5 Å². The Balaban J connectivity index is 1.36. The van der Waals surface area contributed by atoms with Crippen LogP contribution in [0.25, 0.3) is 0 Å². The smallest absolute Gasteiger partial charge is 0.257 e. The maximum atomic E-state index is 13.2. The minimum Gasteiger partial charge on any atom is -0.454 e. The molecule has 1 aliphatic heterocycles. The van der Waals surface area contributed by atoms with Crippen molar-refractivity contribution in [3.05, 3.63) is 76.7 Å². The van der Waals surface area contributed by atoms with E-state index in [0.717, 1.165) is 17.1 Å². The van der Waals surface area contributed by atoms with Gasteiger partial charge in [0.1, 0.15) is 11.6 Å². The summed E-state index contributed by atoms with van der Waals surface area (Å²) < 4.78 is 23.8. The van der Waals surface area contributed by atoms with Crippen LogP contribution in [-0.4, -0.2) is 17.7 Å². The molecule has 6 nitrogen and oxygen atoms in total. The second kappa shape index (κ2) is 7.74. The minimum atomic E-state index is -0.542. The molecule has 1 aliphatic rings. The average molecular weight is 400 g/mol. The molecule has 0 aliphatic carbocycles. The van der Waals surface area contributed by atoms with Crippen molar-refractivity contribution in [3.63, 3.8) is 0 Å². The first kappa shape index (κ1) is 18.1. The monoisotopic (exact) mass is 399 g/mol. The SMILES string of the molecule is O=C(Nc1ccc(F)c(Cl)c1)c1ccc(NCc2ccc3c(c2)OCO3)nc1. The molecule has 3 aromatic rings. The Morgan fingerprint density at radius 2 is 1.96 bits per heavy atom. The fourth-order valence-electron chi connectivity index (χ4n) is 2.65. The fourth-order valence-corrected chi connectivity index (χ4v) is 2.83. The zero-order valence-electron chi connectivity index (χ0n) is 14.5. The molecule has 2 aromatic carbocycles. The van der Waals surface area contributed by atoms with Crippen LogP contribution >= 0.6 is 11.6 Å². The van der Waals surface area contributed by atoms with Gasteiger partial charge in [0.25, 0.3) is 5.91 Å². The second-order valence-electron chi connectivity index (χ2n) is 6.06. The van der Waals surface area contributed by atoms with Crippen molar-refractivity contribution in [2.45, 2.75) is 6.54 Å². The number of hydrogen-bond acceptors (Lipinski definition) is 5. The van der Waals surface area contributed by atoms with Crippen molar-refractivity contribution >= 4 is 29.0 Å². The highest BCUT2D eigenvalue weighted by Crippen LogP contribution is 2.32. The van der Waals surface area contributed by atoms with Gasteiger partial charge in [-0.05, 0) is 48.0 Å². The van der Waals surface area contributed by atoms with Gasteiger partial charge in [-0.25, -0.2) is 9.37 Å². The number of hydrogen-bond donors (Lipinski definition) is 2. The van der Waals surface area contributed by atoms with Crippen molar-refractivity contribution in [2.75, 3.05) is 17.4 Å². The lowest BCUT2D eigenvalue weighted by atomic mass is 10.2. The van der Waals surface area contributed by atoms with E-state index in [1.807, 2.05) is 18.2 Å². The normalized spacial score (nSPS) is 11.9. The number of aromatic nitrogens is 1. The third-order valence-corrected chi connectivity index (χ3v) is 4.40. The van der Waals surface area contributed by atoms with Crippen LogP contribution < -0.4 is 20.1 Å². The molecule has 0 atom stereocenters. The highest BCUT2D eigenvalue weighted by atomic mass is 35.5. The van der Waals surface area contributed by atoms with Crippen LogP contribution in [0.4, 0.5) is 15.9 Å². The number of anilines is 2. The molecule has 1 aromatic heterocycles. The summed E-state index contributed by atoms with van der Waals surface area (Å²) in [7, 11) is 0. The predicted molar refractivity (Wildman–Crippen MR) is 103 cm³/mol. The van der Waals surface area contributed by atoms with E-state index in [1.54, 1.807) is 12.1 Å². The number of pyridine rings is 1. The predicted octanol–water partition coefficient (Wildman–Crippen LogP) is 4.47. The topological polar surface area (TPSA) is 72.5 Å². The van der Waals surface area contributed by atoms with Crippen molar-refractivity contribution in [1.29, 1.82) is 0 Å². The molecule has 0 spiro atoms. The summed E-state index contributed by atoms with van der Waals surface area (Å²) in [6.07, 6.45) is 1.46. The zero-order chi connectivity index (χ0) is 19.5. The number of halogens is 2. The lowest BCUT2D eigenvalue weighted by Crippen LogP contribution is -2.12. The molecule has 8 heteroatoms. The number of amides is 1. The fraction of sp³-hybridized carbons (Fsp3) is 0.100. The summed E-state index contributed by atoms with van der Waals surface area (Å²) in [6.45, 7) is 0.782. The first-order valence-corrected chi connectivity index (χ1v) is 8.81. The number of nitrogens with one attached hydrogen (secondary N) is 2. The van der Waals surface area contributed by atoms with Crippen LogP contribution in [0, 0.1) is 5.82 Å². The van der Waals surface area contributed by atoms with Crippen molar-refractivity contribution in [1.82, 2.24) is 4.98 Å². The number of ether oxygens (including phenoxy) is 2. The maximum absolute atomic E-state index is 13.2. The van der Waals surface area contributed by atoms with Crippen LogP contribution in [0.1, 0.15) is 15.9 Å². The van der Waals surface area contributed by atoms with Gasteiger partial charge in [-0.2, -0.15) is 0 Å². The summed E-state index contributed by atoms with van der Waals surface area (Å²) in [6, 6.07) is 13.1. The van der Waals surface area contributed by atoms with Gasteiger partial charge < -0.3 is 20.1 Å². The van der Waals surface area contributed by atoms with Crippen molar-refractivity contribution < 1.29 is 18.7 Å². The Morgan fingerprint density at radius 1 is 1.11 bits per heavy atom. The standard InChI is InChI=1S/C20H15ClFN3O3/c21-15-8-14(3-4-16(15)22)25-20(26)13-2-6-19(24-10-13)23-9-12-1-5-17-18(7-12)28-11-27-17/h1-8,10H,9,11H2,(H,23,24)(H,25,26). The molecule has 0 unspecified atom stereocenters. The number of nitrogens with zero attached hydrogens (tertiary/aromatic N) is 1. The van der Waals surface area contributed by atoms with E-state index in [-0.39, 0.29) is 17.7 Å². The number of benzene rings is 2. The zero-order valence-corrected chi connectivity index (χ0v) is 15.3. The lowest BCUT2D eigenvalue weighted by Gasteiger charge is -2.08. The molecule has 0 fully saturated rings. The summed E-state index contributed by atoms with van der Waals surface area (Å²) >= 11 is 5.72. The van der Waals surface area contributed by atoms with Gasteiger partial charge in [-0.1, -0.05) is 17.7 Å². The molecule has 4 rings (SSSR count). The van der Waals surface area contributed by atoms with Crippen LogP contribution in [0.3, 0.4) is 0 Å². The van der Waals surface area contributed by atoms with Crippen molar-refractivity contribution in [2.24, 2.45) is 0 Å². The van der Waals surface area contributed by atoms with Gasteiger partial charge >= 0.3 is 0 Å². The van der Waals surface area contributed by atoms with E-state index in [9.17, 15) is 9.18 Å². The highest BCUT2D eigenvalue weighted by Gasteiger charge is 2.13. The molecule has 142 valence electrons. The largest absolute Gasteiger partial charge is 0.454 e. The second-order valence-corrected chi connectivity index (χ2v) is 6.46. The molecule has 1 amide bonds. The van der Waals surface area contributed by atoms with E-state index in [4.69, 9.17) is 21.1 Å². The molecular formula is C20H15ClFN3O3. The number of fused-ring (bicyclic) bond motifs is 1. The Hall–Kier alpha value is -3.32. The van der Waals surface area contributed by atoms with Gasteiger partial charge in [-0.15, -0.1) is 0 Å². The number of carbonyl (C=O) groups is 1. The average Bonchev–Trinajstić information content (AvgIpc) is 3.17. The Morgan fingerprint density at radius 3 is 2.75 bits per heavy atom. The lowest BCUT2D eigenvalue weighted by molar-refractivity contribution is 0.102. The van der Waals surface area contributed by atoms with E-state index in [1.165, 1.54) is 24.4 Å². The maximum Gasteiger partial charge on any atom is 0.257 e. The van der Waals surface area contributed by atoms with Gasteiger partial charge in [0.05, 0.1) is 10.6 Å². The first-order valence-electron chi connectivity index (χ1n) is 8.43. The van der Waals surface area contributed by atoms with Gasteiger partial charge in [0, 0.05) is 18.4 Å². The molecular weight excluding hydrogens is 385 g/mol. The van der Waals surface area contributed by atoms with E-state index in [2.05, 4.69) is 15.6 Å². The molecule has 0 saturated heterocycles. The molecule has 2 N–H and O–H groups in total. The Labute approximate surface area is 165 Å². The van der Waals surface area contributed by atoms with Gasteiger partial charge in [-0.3, -0.25) is 4.79 Å². The summed E-state index contributed by atoms with van der Waals surface area (Å²) in [5, 5.41) is 5.78. The molecule has 0 saturated carbocycles. The van der Waals surface area contributed by atoms with Crippen LogP contribution in [0.2, 0.25) is 5.02 Å². The van der Waals surface area contributed by atoms with Crippen LogP contribution in [0.5, 0.6) is 11.5 Å². The Kier molecular flexibility index (Phi) is 4.99. The van der Waals surface area contributed by atoms with Crippen molar-refractivity contribution in [3.8, 4) is 11.5 Å². The van der Waals surface area contributed by atoms with E-state index < -0.39 is 5.82 Å². The number of rotatable bonds is 5. The summed E-state index contributed by atoms with van der Waals surface area (Å²) in [5.41, 5.74) is 1.79. The van der Waals surface area contributed by atoms with Gasteiger partial charge in [0.2, 0.25) is 6.79 Å². The minimum absolute atomic E-state index is 0.0565. The van der Waals surface area contributed by atoms with E-state index >= 15 is 0 Å². The van der Waals surface area contributed by atoms with E-state index in [0.29, 0.717) is 23.6 Å². The quantitative estimate of drug-likeness (QED) is 0.662. The molecule has 0 radical (unpaired) electrons. The summed E-state index contributed by atoms with van der Waals surface area (Å²) in [5.74, 6) is 1.18. The number of carbonyl (C=O) groups excluding carboxylic acids is 1. The van der Waals surface area contributed by atoms with Crippen LogP contribution in [-0.2, 0) is 6.54 Å². The Bertz CT molecular complexity index is 1030. The molecule has 2 heterocycles. The summed E-state index contributed by atoms with van der Waals surface area (Å²) in [4.78, 5) is 16.5. The molecule has 0 bridgehead atoms.